The average Bonchev–Trinajstić information content (AvgIpc) is 2.21. The first-order chi connectivity index (χ1) is 7.58. The van der Waals surface area contributed by atoms with Gasteiger partial charge in [0.15, 0.2) is 0 Å². The minimum Gasteiger partial charge on any atom is -0.356 e. The second-order valence-electron chi connectivity index (χ2n) is 3.92. The van der Waals surface area contributed by atoms with Crippen molar-refractivity contribution in [3.05, 3.63) is 34.9 Å². The normalized spacial score (nSPS) is 11.5. The number of benzene rings is 1. The first-order valence-electron chi connectivity index (χ1n) is 5.34. The van der Waals surface area contributed by atoms with Crippen molar-refractivity contribution >= 4 is 29.9 Å². The molecule has 1 amide bonds. The highest BCUT2D eigenvalue weighted by Crippen LogP contribution is 2.09. The van der Waals surface area contributed by atoms with Crippen molar-refractivity contribution in [2.75, 3.05) is 6.54 Å². The molecule has 3 N–H and O–H groups in total. The standard InChI is InChI=1S/C12H17ClN2O.ClH/c1-9(14)6-7-15-12(16)8-10-2-4-11(13)5-3-10;/h2-5,9H,6-8,14H2,1H3,(H,15,16);1H. The summed E-state index contributed by atoms with van der Waals surface area (Å²) >= 11 is 5.75. The second kappa shape index (κ2) is 8.34. The van der Waals surface area contributed by atoms with Crippen molar-refractivity contribution in [3.63, 3.8) is 0 Å². The summed E-state index contributed by atoms with van der Waals surface area (Å²) in [6.45, 7) is 2.55. The molecule has 96 valence electrons. The van der Waals surface area contributed by atoms with Crippen LogP contribution in [0.5, 0.6) is 0 Å². The average molecular weight is 277 g/mol. The maximum Gasteiger partial charge on any atom is 0.224 e. The Labute approximate surface area is 113 Å². The van der Waals surface area contributed by atoms with E-state index in [1.807, 2.05) is 19.1 Å². The summed E-state index contributed by atoms with van der Waals surface area (Å²) in [4.78, 5) is 11.5. The first kappa shape index (κ1) is 16.2. The zero-order valence-electron chi connectivity index (χ0n) is 9.78. The number of carbonyl (C=O) groups excluding carboxylic acids is 1. The molecule has 5 heteroatoms. The molecule has 0 spiro atoms. The van der Waals surface area contributed by atoms with Crippen molar-refractivity contribution in [1.82, 2.24) is 5.32 Å². The molecule has 1 rings (SSSR count). The Hall–Kier alpha value is -0.770. The van der Waals surface area contributed by atoms with Crippen LogP contribution in [0.4, 0.5) is 0 Å². The molecule has 0 bridgehead atoms. The van der Waals surface area contributed by atoms with Gasteiger partial charge in [-0.05, 0) is 31.0 Å². The van der Waals surface area contributed by atoms with Gasteiger partial charge in [-0.3, -0.25) is 4.79 Å². The van der Waals surface area contributed by atoms with Gasteiger partial charge in [-0.15, -0.1) is 12.4 Å². The molecule has 0 saturated carbocycles. The third-order valence-electron chi connectivity index (χ3n) is 2.20. The van der Waals surface area contributed by atoms with E-state index in [0.29, 0.717) is 18.0 Å². The van der Waals surface area contributed by atoms with E-state index in [4.69, 9.17) is 17.3 Å². The van der Waals surface area contributed by atoms with Gasteiger partial charge in [0.1, 0.15) is 0 Å². The van der Waals surface area contributed by atoms with Gasteiger partial charge in [-0.25, -0.2) is 0 Å². The van der Waals surface area contributed by atoms with Crippen molar-refractivity contribution < 1.29 is 4.79 Å². The lowest BCUT2D eigenvalue weighted by atomic mass is 10.1. The molecule has 17 heavy (non-hydrogen) atoms. The van der Waals surface area contributed by atoms with Gasteiger partial charge in [0.2, 0.25) is 5.91 Å². The van der Waals surface area contributed by atoms with Crippen molar-refractivity contribution in [1.29, 1.82) is 0 Å². The predicted octanol–water partition coefficient (Wildman–Crippen LogP) is 2.16. The summed E-state index contributed by atoms with van der Waals surface area (Å²) in [5, 5.41) is 3.51. The van der Waals surface area contributed by atoms with Crippen LogP contribution >= 0.6 is 24.0 Å². The Bertz CT molecular complexity index is 339. The van der Waals surface area contributed by atoms with E-state index in [-0.39, 0.29) is 24.4 Å². The van der Waals surface area contributed by atoms with Crippen LogP contribution in [-0.2, 0) is 11.2 Å². The van der Waals surface area contributed by atoms with Crippen LogP contribution in [0, 0.1) is 0 Å². The van der Waals surface area contributed by atoms with Gasteiger partial charge in [0, 0.05) is 17.6 Å². The highest BCUT2D eigenvalue weighted by Gasteiger charge is 2.03. The molecular weight excluding hydrogens is 259 g/mol. The molecule has 0 aliphatic heterocycles. The van der Waals surface area contributed by atoms with Gasteiger partial charge in [-0.2, -0.15) is 0 Å². The van der Waals surface area contributed by atoms with Gasteiger partial charge >= 0.3 is 0 Å². The number of halogens is 2. The fraction of sp³-hybridized carbons (Fsp3) is 0.417. The van der Waals surface area contributed by atoms with Gasteiger partial charge < -0.3 is 11.1 Å². The summed E-state index contributed by atoms with van der Waals surface area (Å²) in [7, 11) is 0. The molecule has 1 unspecified atom stereocenters. The minimum absolute atomic E-state index is 0. The zero-order chi connectivity index (χ0) is 12.0. The van der Waals surface area contributed by atoms with Crippen LogP contribution in [0.3, 0.4) is 0 Å². The summed E-state index contributed by atoms with van der Waals surface area (Å²) in [6, 6.07) is 7.40. The molecular formula is C12H18Cl2N2O. The fourth-order valence-electron chi connectivity index (χ4n) is 1.29. The zero-order valence-corrected chi connectivity index (χ0v) is 11.4. The van der Waals surface area contributed by atoms with Gasteiger partial charge in [0.25, 0.3) is 0 Å². The van der Waals surface area contributed by atoms with E-state index >= 15 is 0 Å². The molecule has 0 heterocycles. The lowest BCUT2D eigenvalue weighted by Crippen LogP contribution is -2.29. The van der Waals surface area contributed by atoms with Crippen LogP contribution in [0.15, 0.2) is 24.3 Å². The fourth-order valence-corrected chi connectivity index (χ4v) is 1.42. The summed E-state index contributed by atoms with van der Waals surface area (Å²) in [5.74, 6) is 0.0166. The van der Waals surface area contributed by atoms with E-state index in [1.165, 1.54) is 0 Å². The van der Waals surface area contributed by atoms with Crippen LogP contribution in [0.2, 0.25) is 5.02 Å². The maximum absolute atomic E-state index is 11.5. The molecule has 0 saturated heterocycles. The molecule has 1 aromatic carbocycles. The molecule has 0 fully saturated rings. The van der Waals surface area contributed by atoms with Crippen molar-refractivity contribution in [2.24, 2.45) is 5.73 Å². The molecule has 1 aromatic rings. The van der Waals surface area contributed by atoms with Crippen LogP contribution in [0.1, 0.15) is 18.9 Å². The highest BCUT2D eigenvalue weighted by molar-refractivity contribution is 6.30. The largest absolute Gasteiger partial charge is 0.356 e. The van der Waals surface area contributed by atoms with E-state index in [9.17, 15) is 4.79 Å². The summed E-state index contributed by atoms with van der Waals surface area (Å²) in [6.07, 6.45) is 1.18. The number of hydrogen-bond donors (Lipinski definition) is 2. The Kier molecular flexibility index (Phi) is 7.96. The first-order valence-corrected chi connectivity index (χ1v) is 5.72. The Morgan fingerprint density at radius 2 is 2.00 bits per heavy atom. The number of nitrogens with one attached hydrogen (secondary N) is 1. The monoisotopic (exact) mass is 276 g/mol. The Balaban J connectivity index is 0.00000256. The molecule has 3 nitrogen and oxygen atoms in total. The smallest absolute Gasteiger partial charge is 0.224 e. The van der Waals surface area contributed by atoms with Crippen molar-refractivity contribution in [2.45, 2.75) is 25.8 Å². The van der Waals surface area contributed by atoms with E-state index < -0.39 is 0 Å². The minimum atomic E-state index is 0. The SMILES string of the molecule is CC(N)CCNC(=O)Cc1ccc(Cl)cc1.Cl. The summed E-state index contributed by atoms with van der Waals surface area (Å²) < 4.78 is 0. The molecule has 1 atom stereocenters. The number of hydrogen-bond acceptors (Lipinski definition) is 2. The molecule has 0 aliphatic carbocycles. The topological polar surface area (TPSA) is 55.1 Å². The van der Waals surface area contributed by atoms with E-state index in [2.05, 4.69) is 5.32 Å². The van der Waals surface area contributed by atoms with Crippen LogP contribution in [-0.4, -0.2) is 18.5 Å². The molecule has 0 aliphatic rings. The lowest BCUT2D eigenvalue weighted by Gasteiger charge is -2.07. The highest BCUT2D eigenvalue weighted by atomic mass is 35.5. The maximum atomic E-state index is 11.5. The van der Waals surface area contributed by atoms with E-state index in [1.54, 1.807) is 12.1 Å². The van der Waals surface area contributed by atoms with Gasteiger partial charge in [-0.1, -0.05) is 23.7 Å². The quantitative estimate of drug-likeness (QED) is 0.866. The predicted molar refractivity (Wildman–Crippen MR) is 73.7 cm³/mol. The second-order valence-corrected chi connectivity index (χ2v) is 4.36. The van der Waals surface area contributed by atoms with Crippen LogP contribution < -0.4 is 11.1 Å². The van der Waals surface area contributed by atoms with Crippen LogP contribution in [0.25, 0.3) is 0 Å². The van der Waals surface area contributed by atoms with E-state index in [0.717, 1.165) is 12.0 Å². The number of amides is 1. The lowest BCUT2D eigenvalue weighted by molar-refractivity contribution is -0.120. The third kappa shape index (κ3) is 7.21. The Morgan fingerprint density at radius 3 is 2.53 bits per heavy atom. The third-order valence-corrected chi connectivity index (χ3v) is 2.45. The van der Waals surface area contributed by atoms with Crippen molar-refractivity contribution in [3.8, 4) is 0 Å². The number of nitrogens with two attached hydrogens (primary N) is 1. The number of carbonyl (C=O) groups is 1. The molecule has 0 aromatic heterocycles. The molecule has 0 radical (unpaired) electrons. The van der Waals surface area contributed by atoms with Gasteiger partial charge in [0.05, 0.1) is 6.42 Å². The number of rotatable bonds is 5. The Morgan fingerprint density at radius 1 is 1.41 bits per heavy atom. The summed E-state index contributed by atoms with van der Waals surface area (Å²) in [5.41, 5.74) is 6.54.